The standard InChI is InChI=1S/C23H18Cl2FN3O/c1-13-3-6-15(7-4-13)22-20(29-12-14(2)5-8-21(29)28-22)11-27-23(30)16-9-19(26)18(25)10-17(16)24/h3-10,12H,11H2,1-2H3,(H,27,30). The quantitative estimate of drug-likeness (QED) is 0.395. The maximum atomic E-state index is 13.8. The minimum atomic E-state index is -0.697. The molecule has 7 heteroatoms. The molecule has 152 valence electrons. The van der Waals surface area contributed by atoms with Crippen LogP contribution in [-0.4, -0.2) is 15.3 Å². The average molecular weight is 442 g/mol. The molecule has 0 spiro atoms. The van der Waals surface area contributed by atoms with Crippen LogP contribution in [-0.2, 0) is 6.54 Å². The van der Waals surface area contributed by atoms with Gasteiger partial charge in [-0.05, 0) is 37.6 Å². The fourth-order valence-electron chi connectivity index (χ4n) is 3.27. The van der Waals surface area contributed by atoms with Gasteiger partial charge in [0.25, 0.3) is 5.91 Å². The van der Waals surface area contributed by atoms with E-state index in [0.29, 0.717) is 0 Å². The van der Waals surface area contributed by atoms with E-state index in [4.69, 9.17) is 28.2 Å². The lowest BCUT2D eigenvalue weighted by Gasteiger charge is -2.10. The molecule has 2 aromatic carbocycles. The zero-order chi connectivity index (χ0) is 21.4. The molecular weight excluding hydrogens is 424 g/mol. The Bertz CT molecular complexity index is 1270. The second kappa shape index (κ2) is 8.09. The number of rotatable bonds is 4. The topological polar surface area (TPSA) is 46.4 Å². The maximum absolute atomic E-state index is 13.8. The fourth-order valence-corrected chi connectivity index (χ4v) is 3.74. The molecule has 4 nitrogen and oxygen atoms in total. The number of hydrogen-bond donors (Lipinski definition) is 1. The molecule has 0 atom stereocenters. The number of imidazole rings is 1. The Labute approximate surface area is 183 Å². The van der Waals surface area contributed by atoms with Crippen molar-refractivity contribution in [2.45, 2.75) is 20.4 Å². The van der Waals surface area contributed by atoms with E-state index in [-0.39, 0.29) is 22.2 Å². The number of aryl methyl sites for hydroxylation is 2. The molecule has 0 radical (unpaired) electrons. The Morgan fingerprint density at radius 1 is 1.03 bits per heavy atom. The summed E-state index contributed by atoms with van der Waals surface area (Å²) >= 11 is 11.8. The summed E-state index contributed by atoms with van der Waals surface area (Å²) in [5.74, 6) is -1.19. The Balaban J connectivity index is 1.72. The molecule has 0 aliphatic heterocycles. The fraction of sp³-hybridized carbons (Fsp3) is 0.130. The van der Waals surface area contributed by atoms with E-state index >= 15 is 0 Å². The van der Waals surface area contributed by atoms with Crippen LogP contribution in [0.15, 0.2) is 54.7 Å². The van der Waals surface area contributed by atoms with Gasteiger partial charge in [0, 0.05) is 11.8 Å². The van der Waals surface area contributed by atoms with Gasteiger partial charge in [0.05, 0.1) is 33.5 Å². The highest BCUT2D eigenvalue weighted by Crippen LogP contribution is 2.27. The minimum Gasteiger partial charge on any atom is -0.346 e. The lowest BCUT2D eigenvalue weighted by molar-refractivity contribution is 0.0950. The van der Waals surface area contributed by atoms with Crippen LogP contribution in [0.1, 0.15) is 27.2 Å². The van der Waals surface area contributed by atoms with Crippen molar-refractivity contribution < 1.29 is 9.18 Å². The number of hydrogen-bond acceptors (Lipinski definition) is 2. The average Bonchev–Trinajstić information content (AvgIpc) is 3.07. The first kappa shape index (κ1) is 20.4. The summed E-state index contributed by atoms with van der Waals surface area (Å²) in [4.78, 5) is 17.4. The van der Waals surface area contributed by atoms with Crippen molar-refractivity contribution in [1.82, 2.24) is 14.7 Å². The van der Waals surface area contributed by atoms with E-state index in [2.05, 4.69) is 5.32 Å². The Kier molecular flexibility index (Phi) is 5.50. The van der Waals surface area contributed by atoms with Crippen LogP contribution < -0.4 is 5.32 Å². The highest BCUT2D eigenvalue weighted by atomic mass is 35.5. The van der Waals surface area contributed by atoms with Gasteiger partial charge in [-0.2, -0.15) is 0 Å². The molecule has 0 bridgehead atoms. The molecule has 0 saturated heterocycles. The lowest BCUT2D eigenvalue weighted by atomic mass is 10.1. The Hall–Kier alpha value is -2.89. The smallest absolute Gasteiger partial charge is 0.253 e. The van der Waals surface area contributed by atoms with Gasteiger partial charge in [-0.1, -0.05) is 59.1 Å². The van der Waals surface area contributed by atoms with E-state index in [1.165, 1.54) is 6.07 Å². The number of fused-ring (bicyclic) bond motifs is 1. The van der Waals surface area contributed by atoms with E-state index in [1.54, 1.807) is 0 Å². The Morgan fingerprint density at radius 3 is 2.47 bits per heavy atom. The first-order valence-electron chi connectivity index (χ1n) is 9.31. The van der Waals surface area contributed by atoms with Crippen molar-refractivity contribution in [3.05, 3.63) is 93.0 Å². The first-order chi connectivity index (χ1) is 14.3. The summed E-state index contributed by atoms with van der Waals surface area (Å²) in [6.45, 7) is 4.20. The number of halogens is 3. The summed E-state index contributed by atoms with van der Waals surface area (Å²) in [6.07, 6.45) is 1.97. The van der Waals surface area contributed by atoms with Gasteiger partial charge >= 0.3 is 0 Å². The Morgan fingerprint density at radius 2 is 1.73 bits per heavy atom. The van der Waals surface area contributed by atoms with Crippen LogP contribution in [0.25, 0.3) is 16.9 Å². The highest BCUT2D eigenvalue weighted by Gasteiger charge is 2.18. The van der Waals surface area contributed by atoms with Crippen molar-refractivity contribution in [3.8, 4) is 11.3 Å². The predicted molar refractivity (Wildman–Crippen MR) is 118 cm³/mol. The molecular formula is C23H18Cl2FN3O. The van der Waals surface area contributed by atoms with Crippen LogP contribution in [0.2, 0.25) is 10.0 Å². The molecule has 0 aliphatic rings. The van der Waals surface area contributed by atoms with Gasteiger partial charge in [0.2, 0.25) is 0 Å². The monoisotopic (exact) mass is 441 g/mol. The third kappa shape index (κ3) is 3.91. The van der Waals surface area contributed by atoms with Crippen molar-refractivity contribution in [2.75, 3.05) is 0 Å². The molecule has 1 amide bonds. The van der Waals surface area contributed by atoms with E-state index in [0.717, 1.165) is 39.8 Å². The second-order valence-electron chi connectivity index (χ2n) is 7.14. The summed E-state index contributed by atoms with van der Waals surface area (Å²) in [5.41, 5.74) is 5.54. The maximum Gasteiger partial charge on any atom is 0.253 e. The number of carbonyl (C=O) groups excluding carboxylic acids is 1. The van der Waals surface area contributed by atoms with Crippen molar-refractivity contribution in [1.29, 1.82) is 0 Å². The second-order valence-corrected chi connectivity index (χ2v) is 7.95. The third-order valence-corrected chi connectivity index (χ3v) is 5.46. The first-order valence-corrected chi connectivity index (χ1v) is 10.1. The van der Waals surface area contributed by atoms with Gasteiger partial charge in [-0.25, -0.2) is 9.37 Å². The van der Waals surface area contributed by atoms with Crippen molar-refractivity contribution in [3.63, 3.8) is 0 Å². The largest absolute Gasteiger partial charge is 0.346 e. The summed E-state index contributed by atoms with van der Waals surface area (Å²) < 4.78 is 15.8. The van der Waals surface area contributed by atoms with Crippen LogP contribution >= 0.6 is 23.2 Å². The lowest BCUT2D eigenvalue weighted by Crippen LogP contribution is -2.24. The minimum absolute atomic E-state index is 0.0282. The molecule has 4 aromatic rings. The van der Waals surface area contributed by atoms with Crippen molar-refractivity contribution in [2.24, 2.45) is 0 Å². The number of benzene rings is 2. The molecule has 0 saturated carbocycles. The van der Waals surface area contributed by atoms with Gasteiger partial charge in [0.15, 0.2) is 0 Å². The number of aromatic nitrogens is 2. The zero-order valence-corrected chi connectivity index (χ0v) is 17.9. The molecule has 0 fully saturated rings. The summed E-state index contributed by atoms with van der Waals surface area (Å²) in [5, 5.41) is 2.79. The van der Waals surface area contributed by atoms with Crippen LogP contribution in [0.3, 0.4) is 0 Å². The number of nitrogens with one attached hydrogen (secondary N) is 1. The molecule has 0 unspecified atom stereocenters. The molecule has 30 heavy (non-hydrogen) atoms. The third-order valence-electron chi connectivity index (χ3n) is 4.86. The predicted octanol–water partition coefficient (Wildman–Crippen LogP) is 5.99. The number of carbonyl (C=O) groups is 1. The van der Waals surface area contributed by atoms with Gasteiger partial charge in [-0.15, -0.1) is 0 Å². The number of pyridine rings is 1. The molecule has 4 rings (SSSR count). The van der Waals surface area contributed by atoms with Gasteiger partial charge < -0.3 is 9.72 Å². The van der Waals surface area contributed by atoms with Gasteiger partial charge in [-0.3, -0.25) is 4.79 Å². The summed E-state index contributed by atoms with van der Waals surface area (Å²) in [6, 6.07) is 14.2. The summed E-state index contributed by atoms with van der Waals surface area (Å²) in [7, 11) is 0. The van der Waals surface area contributed by atoms with Crippen LogP contribution in [0.5, 0.6) is 0 Å². The van der Waals surface area contributed by atoms with E-state index < -0.39 is 11.7 Å². The van der Waals surface area contributed by atoms with E-state index in [9.17, 15) is 9.18 Å². The molecule has 1 N–H and O–H groups in total. The van der Waals surface area contributed by atoms with Crippen LogP contribution in [0.4, 0.5) is 4.39 Å². The molecule has 2 aromatic heterocycles. The highest BCUT2D eigenvalue weighted by molar-refractivity contribution is 6.36. The molecule has 2 heterocycles. The van der Waals surface area contributed by atoms with E-state index in [1.807, 2.05) is 60.8 Å². The normalized spacial score (nSPS) is 11.1. The number of amides is 1. The molecule has 0 aliphatic carbocycles. The number of nitrogens with zero attached hydrogens (tertiary/aromatic N) is 2. The van der Waals surface area contributed by atoms with Crippen LogP contribution in [0, 0.1) is 19.7 Å². The van der Waals surface area contributed by atoms with Crippen molar-refractivity contribution >= 4 is 34.8 Å². The SMILES string of the molecule is Cc1ccc(-c2nc3ccc(C)cn3c2CNC(=O)c2cc(F)c(Cl)cc2Cl)cc1. The van der Waals surface area contributed by atoms with Gasteiger partial charge in [0.1, 0.15) is 11.5 Å². The zero-order valence-electron chi connectivity index (χ0n) is 16.3.